The molecular weight excluding hydrogens is 218 g/mol. The van der Waals surface area contributed by atoms with E-state index in [-0.39, 0.29) is 6.10 Å². The standard InChI is InChI=1S/C13H23NO3/c1-4-12(15)9-14(7-8-16-3)10-13-6-5-11(2)17-13/h5-6,12,15H,4,7-10H2,1-3H3. The summed E-state index contributed by atoms with van der Waals surface area (Å²) >= 11 is 0. The molecule has 98 valence electrons. The lowest BCUT2D eigenvalue weighted by atomic mass is 10.2. The summed E-state index contributed by atoms with van der Waals surface area (Å²) in [5.41, 5.74) is 0. The van der Waals surface area contributed by atoms with E-state index in [1.807, 2.05) is 26.0 Å². The second kappa shape index (κ2) is 7.48. The van der Waals surface area contributed by atoms with E-state index in [0.717, 1.165) is 24.5 Å². The molecule has 0 saturated carbocycles. The first-order valence-electron chi connectivity index (χ1n) is 6.10. The number of aliphatic hydroxyl groups excluding tert-OH is 1. The number of methoxy groups -OCH3 is 1. The van der Waals surface area contributed by atoms with Crippen molar-refractivity contribution < 1.29 is 14.3 Å². The van der Waals surface area contributed by atoms with Gasteiger partial charge in [-0.25, -0.2) is 0 Å². The minimum atomic E-state index is -0.289. The summed E-state index contributed by atoms with van der Waals surface area (Å²) in [6.07, 6.45) is 0.476. The Labute approximate surface area is 103 Å². The molecule has 0 saturated heterocycles. The molecule has 0 aliphatic rings. The third kappa shape index (κ3) is 5.35. The monoisotopic (exact) mass is 241 g/mol. The quantitative estimate of drug-likeness (QED) is 0.754. The summed E-state index contributed by atoms with van der Waals surface area (Å²) in [4.78, 5) is 2.15. The Bertz CT molecular complexity index is 311. The van der Waals surface area contributed by atoms with Crippen LogP contribution in [0.4, 0.5) is 0 Å². The molecule has 4 heteroatoms. The van der Waals surface area contributed by atoms with Gasteiger partial charge in [0, 0.05) is 20.2 Å². The average molecular weight is 241 g/mol. The maximum atomic E-state index is 9.70. The third-order valence-corrected chi connectivity index (χ3v) is 2.73. The van der Waals surface area contributed by atoms with Crippen molar-refractivity contribution >= 4 is 0 Å². The molecule has 0 aliphatic heterocycles. The van der Waals surface area contributed by atoms with Gasteiger partial charge in [0.05, 0.1) is 19.3 Å². The molecule has 1 unspecified atom stereocenters. The number of furan rings is 1. The van der Waals surface area contributed by atoms with E-state index in [9.17, 15) is 5.11 Å². The third-order valence-electron chi connectivity index (χ3n) is 2.73. The number of nitrogens with zero attached hydrogens (tertiary/aromatic N) is 1. The molecule has 1 atom stereocenters. The highest BCUT2D eigenvalue weighted by atomic mass is 16.5. The first kappa shape index (κ1) is 14.2. The molecule has 1 heterocycles. The zero-order chi connectivity index (χ0) is 12.7. The van der Waals surface area contributed by atoms with Gasteiger partial charge < -0.3 is 14.3 Å². The van der Waals surface area contributed by atoms with E-state index in [1.54, 1.807) is 7.11 Å². The number of aryl methyl sites for hydroxylation is 1. The van der Waals surface area contributed by atoms with E-state index < -0.39 is 0 Å². The summed E-state index contributed by atoms with van der Waals surface area (Å²) in [5.74, 6) is 1.85. The fraction of sp³-hybridized carbons (Fsp3) is 0.692. The molecule has 17 heavy (non-hydrogen) atoms. The van der Waals surface area contributed by atoms with E-state index in [1.165, 1.54) is 0 Å². The molecule has 1 aromatic heterocycles. The lowest BCUT2D eigenvalue weighted by Crippen LogP contribution is -2.34. The van der Waals surface area contributed by atoms with Crippen molar-refractivity contribution in [3.63, 3.8) is 0 Å². The van der Waals surface area contributed by atoms with E-state index in [2.05, 4.69) is 4.90 Å². The van der Waals surface area contributed by atoms with Crippen molar-refractivity contribution in [2.75, 3.05) is 26.8 Å². The first-order chi connectivity index (χ1) is 8.15. The van der Waals surface area contributed by atoms with Crippen molar-refractivity contribution in [3.05, 3.63) is 23.7 Å². The minimum Gasteiger partial charge on any atom is -0.465 e. The van der Waals surface area contributed by atoms with Gasteiger partial charge >= 0.3 is 0 Å². The molecule has 1 rings (SSSR count). The van der Waals surface area contributed by atoms with Crippen LogP contribution in [-0.4, -0.2) is 42.9 Å². The SMILES string of the molecule is CCC(O)CN(CCOC)Cc1ccc(C)o1. The van der Waals surface area contributed by atoms with Crippen LogP contribution in [-0.2, 0) is 11.3 Å². The van der Waals surface area contributed by atoms with E-state index in [0.29, 0.717) is 19.7 Å². The van der Waals surface area contributed by atoms with Gasteiger partial charge in [0.1, 0.15) is 11.5 Å². The fourth-order valence-corrected chi connectivity index (χ4v) is 1.67. The highest BCUT2D eigenvalue weighted by Crippen LogP contribution is 2.10. The summed E-state index contributed by atoms with van der Waals surface area (Å²) in [7, 11) is 1.69. The van der Waals surface area contributed by atoms with E-state index >= 15 is 0 Å². The molecule has 0 bridgehead atoms. The average Bonchev–Trinajstić information content (AvgIpc) is 2.71. The van der Waals surface area contributed by atoms with Crippen LogP contribution in [0.3, 0.4) is 0 Å². The summed E-state index contributed by atoms with van der Waals surface area (Å²) in [6.45, 7) is 6.75. The Morgan fingerprint density at radius 3 is 2.76 bits per heavy atom. The predicted octanol–water partition coefficient (Wildman–Crippen LogP) is 1.81. The number of ether oxygens (including phenoxy) is 1. The topological polar surface area (TPSA) is 45.8 Å². The molecule has 1 aromatic rings. The van der Waals surface area contributed by atoms with Crippen LogP contribution in [0.1, 0.15) is 24.9 Å². The van der Waals surface area contributed by atoms with Gasteiger partial charge in [0.15, 0.2) is 0 Å². The predicted molar refractivity (Wildman–Crippen MR) is 66.9 cm³/mol. The maximum Gasteiger partial charge on any atom is 0.118 e. The van der Waals surface area contributed by atoms with Crippen LogP contribution < -0.4 is 0 Å². The van der Waals surface area contributed by atoms with Crippen LogP contribution in [0, 0.1) is 6.92 Å². The first-order valence-corrected chi connectivity index (χ1v) is 6.10. The molecule has 0 spiro atoms. The fourth-order valence-electron chi connectivity index (χ4n) is 1.67. The summed E-state index contributed by atoms with van der Waals surface area (Å²) in [5, 5.41) is 9.70. The maximum absolute atomic E-state index is 9.70. The van der Waals surface area contributed by atoms with Crippen LogP contribution in [0.25, 0.3) is 0 Å². The zero-order valence-corrected chi connectivity index (χ0v) is 11.0. The van der Waals surface area contributed by atoms with Gasteiger partial charge in [-0.15, -0.1) is 0 Å². The van der Waals surface area contributed by atoms with Crippen LogP contribution in [0.15, 0.2) is 16.5 Å². The second-order valence-corrected chi connectivity index (χ2v) is 4.30. The van der Waals surface area contributed by atoms with Gasteiger partial charge in [-0.3, -0.25) is 4.90 Å². The normalized spacial score (nSPS) is 13.2. The molecule has 1 N–H and O–H groups in total. The number of hydrogen-bond acceptors (Lipinski definition) is 4. The van der Waals surface area contributed by atoms with Crippen molar-refractivity contribution in [2.24, 2.45) is 0 Å². The van der Waals surface area contributed by atoms with Crippen molar-refractivity contribution in [1.82, 2.24) is 4.90 Å². The lowest BCUT2D eigenvalue weighted by Gasteiger charge is -2.23. The molecule has 4 nitrogen and oxygen atoms in total. The van der Waals surface area contributed by atoms with Crippen molar-refractivity contribution in [1.29, 1.82) is 0 Å². The van der Waals surface area contributed by atoms with Crippen LogP contribution in [0.5, 0.6) is 0 Å². The summed E-state index contributed by atoms with van der Waals surface area (Å²) in [6, 6.07) is 3.94. The van der Waals surface area contributed by atoms with Crippen LogP contribution in [0.2, 0.25) is 0 Å². The molecular formula is C13H23NO3. The highest BCUT2D eigenvalue weighted by Gasteiger charge is 2.12. The number of aliphatic hydroxyl groups is 1. The van der Waals surface area contributed by atoms with Crippen molar-refractivity contribution in [3.8, 4) is 0 Å². The number of hydrogen-bond donors (Lipinski definition) is 1. The Morgan fingerprint density at radius 1 is 1.47 bits per heavy atom. The Balaban J connectivity index is 2.50. The largest absolute Gasteiger partial charge is 0.465 e. The van der Waals surface area contributed by atoms with Gasteiger partial charge in [-0.05, 0) is 25.5 Å². The smallest absolute Gasteiger partial charge is 0.118 e. The second-order valence-electron chi connectivity index (χ2n) is 4.30. The van der Waals surface area contributed by atoms with Crippen molar-refractivity contribution in [2.45, 2.75) is 32.9 Å². The van der Waals surface area contributed by atoms with Gasteiger partial charge in [-0.1, -0.05) is 6.92 Å². The molecule has 0 fully saturated rings. The molecule has 0 aromatic carbocycles. The Morgan fingerprint density at radius 2 is 2.24 bits per heavy atom. The molecule has 0 radical (unpaired) electrons. The van der Waals surface area contributed by atoms with Gasteiger partial charge in [-0.2, -0.15) is 0 Å². The highest BCUT2D eigenvalue weighted by molar-refractivity contribution is 5.05. The van der Waals surface area contributed by atoms with E-state index in [4.69, 9.17) is 9.15 Å². The molecule has 0 aliphatic carbocycles. The number of rotatable bonds is 8. The van der Waals surface area contributed by atoms with Gasteiger partial charge in [0.25, 0.3) is 0 Å². The Hall–Kier alpha value is -0.840. The van der Waals surface area contributed by atoms with Crippen LogP contribution >= 0.6 is 0 Å². The Kier molecular flexibility index (Phi) is 6.26. The van der Waals surface area contributed by atoms with Gasteiger partial charge in [0.2, 0.25) is 0 Å². The minimum absolute atomic E-state index is 0.289. The zero-order valence-electron chi connectivity index (χ0n) is 11.0. The lowest BCUT2D eigenvalue weighted by molar-refractivity contribution is 0.0792. The molecule has 0 amide bonds. The summed E-state index contributed by atoms with van der Waals surface area (Å²) < 4.78 is 10.6.